The number of aryl methyl sites for hydroxylation is 1. The van der Waals surface area contributed by atoms with Crippen molar-refractivity contribution in [1.82, 2.24) is 15.0 Å². The summed E-state index contributed by atoms with van der Waals surface area (Å²) >= 11 is 1.78. The van der Waals surface area contributed by atoms with Crippen LogP contribution in [0, 0.1) is 0 Å². The molecule has 0 saturated carbocycles. The number of thiophene rings is 1. The van der Waals surface area contributed by atoms with E-state index in [1.54, 1.807) is 11.3 Å². The van der Waals surface area contributed by atoms with Crippen LogP contribution in [0.2, 0.25) is 0 Å². The van der Waals surface area contributed by atoms with Crippen molar-refractivity contribution in [3.05, 3.63) is 34.1 Å². The molecule has 2 aromatic heterocycles. The monoisotopic (exact) mass is 307 g/mol. The van der Waals surface area contributed by atoms with E-state index in [1.165, 1.54) is 11.3 Å². The Morgan fingerprint density at radius 2 is 2.38 bits per heavy atom. The second-order valence-corrected chi connectivity index (χ2v) is 6.37. The van der Waals surface area contributed by atoms with E-state index in [0.29, 0.717) is 18.5 Å². The minimum Gasteiger partial charge on any atom is -0.377 e. The molecule has 21 heavy (non-hydrogen) atoms. The summed E-state index contributed by atoms with van der Waals surface area (Å²) in [5.41, 5.74) is 0. The number of hydrogen-bond acceptors (Lipinski definition) is 6. The predicted molar refractivity (Wildman–Crippen MR) is 81.1 cm³/mol. The molecule has 0 radical (unpaired) electrons. The minimum absolute atomic E-state index is 0.336. The smallest absolute Gasteiger partial charge is 0.226 e. The number of hydrogen-bond donors (Lipinski definition) is 0. The highest BCUT2D eigenvalue weighted by Crippen LogP contribution is 2.18. The lowest BCUT2D eigenvalue weighted by atomic mass is 10.2. The first-order chi connectivity index (χ1) is 10.3. The summed E-state index contributed by atoms with van der Waals surface area (Å²) in [6.07, 6.45) is 3.43. The minimum atomic E-state index is 0.336. The maximum atomic E-state index is 5.76. The molecule has 0 aliphatic carbocycles. The summed E-state index contributed by atoms with van der Waals surface area (Å²) in [5.74, 6) is 1.47. The van der Waals surface area contributed by atoms with Crippen LogP contribution in [0.1, 0.15) is 36.4 Å². The highest BCUT2D eigenvalue weighted by molar-refractivity contribution is 7.09. The van der Waals surface area contributed by atoms with Crippen LogP contribution >= 0.6 is 11.3 Å². The molecule has 3 rings (SSSR count). The Balaban J connectivity index is 1.64. The van der Waals surface area contributed by atoms with Gasteiger partial charge in [0.2, 0.25) is 5.89 Å². The topological polar surface area (TPSA) is 51.4 Å². The molecule has 3 heterocycles. The highest BCUT2D eigenvalue weighted by atomic mass is 32.1. The van der Waals surface area contributed by atoms with Crippen LogP contribution < -0.4 is 0 Å². The zero-order valence-electron chi connectivity index (χ0n) is 12.3. The normalized spacial score (nSPS) is 18.7. The average molecular weight is 307 g/mol. The van der Waals surface area contributed by atoms with Gasteiger partial charge in [0.25, 0.3) is 0 Å². The summed E-state index contributed by atoms with van der Waals surface area (Å²) in [4.78, 5) is 8.12. The Kier molecular flexibility index (Phi) is 5.00. The Bertz CT molecular complexity index is 535. The zero-order chi connectivity index (χ0) is 14.5. The third kappa shape index (κ3) is 4.12. The first kappa shape index (κ1) is 14.7. The molecule has 114 valence electrons. The second kappa shape index (κ2) is 7.15. The van der Waals surface area contributed by atoms with Crippen molar-refractivity contribution in [1.29, 1.82) is 0 Å². The van der Waals surface area contributed by atoms with Gasteiger partial charge in [0.15, 0.2) is 5.82 Å². The lowest BCUT2D eigenvalue weighted by Crippen LogP contribution is -2.31. The van der Waals surface area contributed by atoms with E-state index >= 15 is 0 Å². The van der Waals surface area contributed by atoms with E-state index in [2.05, 4.69) is 32.6 Å². The average Bonchev–Trinajstić information content (AvgIpc) is 3.20. The quantitative estimate of drug-likeness (QED) is 0.787. The van der Waals surface area contributed by atoms with Crippen LogP contribution in [0.15, 0.2) is 22.0 Å². The van der Waals surface area contributed by atoms with Gasteiger partial charge in [0.05, 0.1) is 12.6 Å². The van der Waals surface area contributed by atoms with Gasteiger partial charge in [-0.3, -0.25) is 4.90 Å². The van der Waals surface area contributed by atoms with E-state index in [4.69, 9.17) is 9.26 Å². The molecule has 1 fully saturated rings. The summed E-state index contributed by atoms with van der Waals surface area (Å²) < 4.78 is 11.0. The summed E-state index contributed by atoms with van der Waals surface area (Å²) in [5, 5.41) is 6.18. The molecule has 1 saturated heterocycles. The maximum Gasteiger partial charge on any atom is 0.226 e. The van der Waals surface area contributed by atoms with Gasteiger partial charge in [-0.25, -0.2) is 0 Å². The van der Waals surface area contributed by atoms with Gasteiger partial charge in [-0.2, -0.15) is 4.98 Å². The fraction of sp³-hybridized carbons (Fsp3) is 0.600. The van der Waals surface area contributed by atoms with Crippen LogP contribution in [0.4, 0.5) is 0 Å². The van der Waals surface area contributed by atoms with E-state index in [-0.39, 0.29) is 0 Å². The molecule has 0 unspecified atom stereocenters. The first-order valence-electron chi connectivity index (χ1n) is 7.51. The van der Waals surface area contributed by atoms with E-state index in [1.807, 2.05) is 6.92 Å². The van der Waals surface area contributed by atoms with Gasteiger partial charge in [0, 0.05) is 31.0 Å². The summed E-state index contributed by atoms with van der Waals surface area (Å²) in [7, 11) is 0. The number of nitrogens with zero attached hydrogens (tertiary/aromatic N) is 3. The summed E-state index contributed by atoms with van der Waals surface area (Å²) in [6, 6.07) is 4.26. The Morgan fingerprint density at radius 3 is 3.05 bits per heavy atom. The van der Waals surface area contributed by atoms with Gasteiger partial charge in [-0.1, -0.05) is 18.1 Å². The van der Waals surface area contributed by atoms with Gasteiger partial charge in [-0.15, -0.1) is 11.3 Å². The third-order valence-corrected chi connectivity index (χ3v) is 4.48. The maximum absolute atomic E-state index is 5.76. The van der Waals surface area contributed by atoms with E-state index in [0.717, 1.165) is 38.4 Å². The Labute approximate surface area is 128 Å². The van der Waals surface area contributed by atoms with Gasteiger partial charge >= 0.3 is 0 Å². The fourth-order valence-electron chi connectivity index (χ4n) is 2.58. The van der Waals surface area contributed by atoms with Crippen molar-refractivity contribution in [3.8, 4) is 0 Å². The van der Waals surface area contributed by atoms with Crippen molar-refractivity contribution < 1.29 is 9.26 Å². The van der Waals surface area contributed by atoms with Gasteiger partial charge < -0.3 is 9.26 Å². The number of ether oxygens (including phenoxy) is 1. The van der Waals surface area contributed by atoms with Crippen molar-refractivity contribution in [2.75, 3.05) is 13.2 Å². The molecule has 5 nitrogen and oxygen atoms in total. The SMILES string of the molecule is CCc1nc(CN(Cc2cccs2)C[C@H]2CCCO2)no1. The van der Waals surface area contributed by atoms with Gasteiger partial charge in [0.1, 0.15) is 0 Å². The second-order valence-electron chi connectivity index (χ2n) is 5.34. The molecule has 1 aliphatic rings. The van der Waals surface area contributed by atoms with Crippen LogP contribution in [-0.2, 0) is 24.2 Å². The van der Waals surface area contributed by atoms with Crippen LogP contribution in [-0.4, -0.2) is 34.3 Å². The molecular weight excluding hydrogens is 286 g/mol. The molecule has 0 N–H and O–H groups in total. The molecule has 0 aromatic carbocycles. The molecule has 1 aliphatic heterocycles. The van der Waals surface area contributed by atoms with E-state index in [9.17, 15) is 0 Å². The Hall–Kier alpha value is -1.24. The van der Waals surface area contributed by atoms with Gasteiger partial charge in [-0.05, 0) is 24.3 Å². The molecule has 0 spiro atoms. The molecule has 0 bridgehead atoms. The molecule has 6 heteroatoms. The lowest BCUT2D eigenvalue weighted by Gasteiger charge is -2.23. The molecule has 2 aromatic rings. The van der Waals surface area contributed by atoms with Crippen molar-refractivity contribution in [2.24, 2.45) is 0 Å². The van der Waals surface area contributed by atoms with E-state index < -0.39 is 0 Å². The highest BCUT2D eigenvalue weighted by Gasteiger charge is 2.21. The largest absolute Gasteiger partial charge is 0.377 e. The molecular formula is C15H21N3O2S. The first-order valence-corrected chi connectivity index (χ1v) is 8.39. The third-order valence-electron chi connectivity index (χ3n) is 3.62. The zero-order valence-corrected chi connectivity index (χ0v) is 13.1. The van der Waals surface area contributed by atoms with Crippen molar-refractivity contribution in [3.63, 3.8) is 0 Å². The summed E-state index contributed by atoms with van der Waals surface area (Å²) in [6.45, 7) is 5.45. The Morgan fingerprint density at radius 1 is 1.43 bits per heavy atom. The lowest BCUT2D eigenvalue weighted by molar-refractivity contribution is 0.0671. The number of rotatable bonds is 7. The van der Waals surface area contributed by atoms with Crippen LogP contribution in [0.5, 0.6) is 0 Å². The molecule has 0 amide bonds. The number of aromatic nitrogens is 2. The fourth-order valence-corrected chi connectivity index (χ4v) is 3.33. The standard InChI is InChI=1S/C15H21N3O2S/c1-2-15-16-14(17-20-15)11-18(9-12-5-3-7-19-12)10-13-6-4-8-21-13/h4,6,8,12H,2-3,5,7,9-11H2,1H3/t12-/m1/s1. The van der Waals surface area contributed by atoms with Crippen LogP contribution in [0.25, 0.3) is 0 Å². The predicted octanol–water partition coefficient (Wildman–Crippen LogP) is 2.87. The molecule has 1 atom stereocenters. The van der Waals surface area contributed by atoms with Crippen molar-refractivity contribution >= 4 is 11.3 Å². The van der Waals surface area contributed by atoms with Crippen molar-refractivity contribution in [2.45, 2.75) is 45.4 Å². The van der Waals surface area contributed by atoms with Crippen LogP contribution in [0.3, 0.4) is 0 Å².